The van der Waals surface area contributed by atoms with Crippen molar-refractivity contribution in [1.29, 1.82) is 0 Å². The molecule has 2 rings (SSSR count). The molecule has 18 heavy (non-hydrogen) atoms. The first-order chi connectivity index (χ1) is 8.81. The van der Waals surface area contributed by atoms with Gasteiger partial charge in [0.15, 0.2) is 0 Å². The van der Waals surface area contributed by atoms with Crippen LogP contribution in [0.25, 0.3) is 6.08 Å². The minimum atomic E-state index is 0.432. The molecule has 0 amide bonds. The highest BCUT2D eigenvalue weighted by atomic mass is 35.5. The van der Waals surface area contributed by atoms with Gasteiger partial charge < -0.3 is 4.90 Å². The summed E-state index contributed by atoms with van der Waals surface area (Å²) in [6.45, 7) is 2.55. The minimum Gasteiger partial charge on any atom is -0.373 e. The van der Waals surface area contributed by atoms with Crippen LogP contribution in [0.4, 0.5) is 0 Å². The van der Waals surface area contributed by atoms with Gasteiger partial charge in [-0.3, -0.25) is 4.84 Å². The number of hydrazine groups is 1. The van der Waals surface area contributed by atoms with Crippen LogP contribution in [0.2, 0.25) is 5.02 Å². The van der Waals surface area contributed by atoms with Gasteiger partial charge in [0.25, 0.3) is 0 Å². The molecular formula is C13H18ClN3O. The van der Waals surface area contributed by atoms with Crippen LogP contribution in [0.3, 0.4) is 0 Å². The van der Waals surface area contributed by atoms with Gasteiger partial charge >= 0.3 is 0 Å². The standard InChI is InChI=1S/C13H18ClN3O/c14-13-6-2-1-5-11(13)9-12(10-18-16-15)17-7-3-4-8-17/h1-2,5-6,9,16H,3-4,7-8,10,15H2/b12-9+. The lowest BCUT2D eigenvalue weighted by Crippen LogP contribution is -2.28. The summed E-state index contributed by atoms with van der Waals surface area (Å²) in [6.07, 6.45) is 4.50. The third kappa shape index (κ3) is 3.46. The van der Waals surface area contributed by atoms with E-state index < -0.39 is 0 Å². The van der Waals surface area contributed by atoms with Crippen LogP contribution >= 0.6 is 11.6 Å². The number of nitrogens with one attached hydrogen (secondary N) is 1. The lowest BCUT2D eigenvalue weighted by molar-refractivity contribution is 0.0480. The topological polar surface area (TPSA) is 50.5 Å². The van der Waals surface area contributed by atoms with Crippen molar-refractivity contribution in [3.8, 4) is 0 Å². The molecule has 0 unspecified atom stereocenters. The summed E-state index contributed by atoms with van der Waals surface area (Å²) in [7, 11) is 0. The zero-order valence-corrected chi connectivity index (χ0v) is 11.0. The van der Waals surface area contributed by atoms with E-state index in [0.29, 0.717) is 6.61 Å². The molecule has 1 fully saturated rings. The number of rotatable bonds is 5. The Balaban J connectivity index is 2.19. The predicted octanol–water partition coefficient (Wildman–Crippen LogP) is 2.17. The van der Waals surface area contributed by atoms with E-state index in [4.69, 9.17) is 22.3 Å². The van der Waals surface area contributed by atoms with Crippen LogP contribution in [0, 0.1) is 0 Å². The third-order valence-corrected chi connectivity index (χ3v) is 3.39. The number of hydrogen-bond acceptors (Lipinski definition) is 4. The molecule has 3 N–H and O–H groups in total. The van der Waals surface area contributed by atoms with Crippen molar-refractivity contribution in [2.24, 2.45) is 5.84 Å². The van der Waals surface area contributed by atoms with E-state index in [9.17, 15) is 0 Å². The molecule has 98 valence electrons. The molecule has 0 spiro atoms. The second-order valence-corrected chi connectivity index (χ2v) is 4.67. The van der Waals surface area contributed by atoms with Crippen LogP contribution in [0.15, 0.2) is 30.0 Å². The lowest BCUT2D eigenvalue weighted by atomic mass is 10.2. The van der Waals surface area contributed by atoms with E-state index in [2.05, 4.69) is 16.6 Å². The van der Waals surface area contributed by atoms with Crippen molar-refractivity contribution >= 4 is 17.7 Å². The van der Waals surface area contributed by atoms with E-state index in [1.807, 2.05) is 24.3 Å². The zero-order valence-electron chi connectivity index (χ0n) is 10.2. The second-order valence-electron chi connectivity index (χ2n) is 4.26. The maximum Gasteiger partial charge on any atom is 0.110 e. The quantitative estimate of drug-likeness (QED) is 0.634. The van der Waals surface area contributed by atoms with Crippen molar-refractivity contribution in [1.82, 2.24) is 10.5 Å². The normalized spacial score (nSPS) is 16.3. The molecule has 4 nitrogen and oxygen atoms in total. The van der Waals surface area contributed by atoms with Gasteiger partial charge in [-0.25, -0.2) is 5.84 Å². The van der Waals surface area contributed by atoms with Crippen LogP contribution < -0.4 is 11.4 Å². The molecule has 1 aliphatic rings. The van der Waals surface area contributed by atoms with E-state index in [1.165, 1.54) is 12.8 Å². The monoisotopic (exact) mass is 267 g/mol. The highest BCUT2D eigenvalue weighted by molar-refractivity contribution is 6.32. The molecule has 5 heteroatoms. The SMILES string of the molecule is NNOC/C(=C\c1ccccc1Cl)N1CCCC1. The predicted molar refractivity (Wildman–Crippen MR) is 73.5 cm³/mol. The molecule has 1 aliphatic heterocycles. The fourth-order valence-corrected chi connectivity index (χ4v) is 2.31. The Morgan fingerprint density at radius 1 is 1.39 bits per heavy atom. The first kappa shape index (κ1) is 13.4. The maximum atomic E-state index is 6.16. The summed E-state index contributed by atoms with van der Waals surface area (Å²) >= 11 is 6.16. The molecule has 0 atom stereocenters. The molecule has 1 heterocycles. The smallest absolute Gasteiger partial charge is 0.110 e. The summed E-state index contributed by atoms with van der Waals surface area (Å²) in [5.41, 5.74) is 4.32. The minimum absolute atomic E-state index is 0.432. The number of likely N-dealkylation sites (tertiary alicyclic amines) is 1. The first-order valence-electron chi connectivity index (χ1n) is 6.08. The number of nitrogens with two attached hydrogens (primary N) is 1. The van der Waals surface area contributed by atoms with Gasteiger partial charge in [0, 0.05) is 23.8 Å². The highest BCUT2D eigenvalue weighted by Gasteiger charge is 2.15. The van der Waals surface area contributed by atoms with Crippen LogP contribution in [-0.4, -0.2) is 24.6 Å². The Morgan fingerprint density at radius 3 is 2.78 bits per heavy atom. The Labute approximate surface area is 112 Å². The van der Waals surface area contributed by atoms with Crippen molar-refractivity contribution in [2.45, 2.75) is 12.8 Å². The molecule has 0 aromatic heterocycles. The Bertz CT molecular complexity index is 416. The lowest BCUT2D eigenvalue weighted by Gasteiger charge is -2.21. The number of halogens is 1. The van der Waals surface area contributed by atoms with Gasteiger partial charge in [-0.05, 0) is 30.5 Å². The molecule has 1 aromatic carbocycles. The van der Waals surface area contributed by atoms with Crippen LogP contribution in [-0.2, 0) is 4.84 Å². The second kappa shape index (κ2) is 6.75. The van der Waals surface area contributed by atoms with E-state index >= 15 is 0 Å². The Morgan fingerprint density at radius 2 is 2.11 bits per heavy atom. The van der Waals surface area contributed by atoms with E-state index in [0.717, 1.165) is 29.4 Å². The summed E-state index contributed by atoms with van der Waals surface area (Å²) in [5, 5.41) is 0.745. The van der Waals surface area contributed by atoms with Crippen molar-refractivity contribution in [3.63, 3.8) is 0 Å². The molecule has 0 saturated carbocycles. The van der Waals surface area contributed by atoms with Gasteiger partial charge in [-0.15, -0.1) is 5.59 Å². The summed E-state index contributed by atoms with van der Waals surface area (Å²) in [5.74, 6) is 5.15. The summed E-state index contributed by atoms with van der Waals surface area (Å²) in [4.78, 5) is 7.40. The van der Waals surface area contributed by atoms with Gasteiger partial charge in [0.05, 0.1) is 0 Å². The van der Waals surface area contributed by atoms with E-state index in [-0.39, 0.29) is 0 Å². The summed E-state index contributed by atoms with van der Waals surface area (Å²) < 4.78 is 0. The van der Waals surface area contributed by atoms with Gasteiger partial charge in [0.2, 0.25) is 0 Å². The molecule has 0 radical (unpaired) electrons. The van der Waals surface area contributed by atoms with Gasteiger partial charge in [-0.1, -0.05) is 29.8 Å². The molecule has 1 saturated heterocycles. The molecular weight excluding hydrogens is 250 g/mol. The average Bonchev–Trinajstić information content (AvgIpc) is 2.90. The average molecular weight is 268 g/mol. The Kier molecular flexibility index (Phi) is 5.01. The van der Waals surface area contributed by atoms with Crippen LogP contribution in [0.5, 0.6) is 0 Å². The zero-order chi connectivity index (χ0) is 12.8. The van der Waals surface area contributed by atoms with Gasteiger partial charge in [0.1, 0.15) is 6.61 Å². The van der Waals surface area contributed by atoms with Crippen LogP contribution in [0.1, 0.15) is 18.4 Å². The molecule has 0 bridgehead atoms. The molecule has 1 aromatic rings. The van der Waals surface area contributed by atoms with Crippen molar-refractivity contribution in [2.75, 3.05) is 19.7 Å². The third-order valence-electron chi connectivity index (χ3n) is 3.04. The molecule has 0 aliphatic carbocycles. The van der Waals surface area contributed by atoms with E-state index in [1.54, 1.807) is 0 Å². The maximum absolute atomic E-state index is 6.16. The number of nitrogens with zero attached hydrogens (tertiary/aromatic N) is 1. The Hall–Kier alpha value is -1.07. The number of benzene rings is 1. The largest absolute Gasteiger partial charge is 0.373 e. The van der Waals surface area contributed by atoms with Crippen molar-refractivity contribution < 1.29 is 4.84 Å². The fraction of sp³-hybridized carbons (Fsp3) is 0.385. The fourth-order valence-electron chi connectivity index (χ4n) is 2.12. The number of hydrogen-bond donors (Lipinski definition) is 2. The first-order valence-corrected chi connectivity index (χ1v) is 6.46. The van der Waals surface area contributed by atoms with Crippen molar-refractivity contribution in [3.05, 3.63) is 40.5 Å². The highest BCUT2D eigenvalue weighted by Crippen LogP contribution is 2.22. The van der Waals surface area contributed by atoms with Gasteiger partial charge in [-0.2, -0.15) is 0 Å². The summed E-state index contributed by atoms with van der Waals surface area (Å²) in [6, 6.07) is 7.78.